The zero-order valence-corrected chi connectivity index (χ0v) is 10.8. The van der Waals surface area contributed by atoms with Crippen molar-refractivity contribution in [3.05, 3.63) is 72.3 Å². The van der Waals surface area contributed by atoms with Crippen molar-refractivity contribution in [2.45, 2.75) is 0 Å². The summed E-state index contributed by atoms with van der Waals surface area (Å²) in [7, 11) is 0. The maximum atomic E-state index is 12.0. The number of anilines is 1. The number of benzene rings is 2. The van der Waals surface area contributed by atoms with E-state index in [2.05, 4.69) is 11.9 Å². The Morgan fingerprint density at radius 2 is 1.60 bits per heavy atom. The second-order valence-corrected chi connectivity index (χ2v) is 4.24. The van der Waals surface area contributed by atoms with Crippen molar-refractivity contribution in [1.82, 2.24) is 0 Å². The summed E-state index contributed by atoms with van der Waals surface area (Å²) >= 11 is 0. The Morgan fingerprint density at radius 1 is 0.950 bits per heavy atom. The Hall–Kier alpha value is -2.88. The minimum Gasteiger partial charge on any atom is -0.366 e. The first-order valence-corrected chi connectivity index (χ1v) is 6.03. The lowest BCUT2D eigenvalue weighted by atomic mass is 10.1. The fourth-order valence-electron chi connectivity index (χ4n) is 1.72. The molecule has 3 N–H and O–H groups in total. The van der Waals surface area contributed by atoms with Gasteiger partial charge in [0.2, 0.25) is 5.91 Å². The van der Waals surface area contributed by atoms with Crippen molar-refractivity contribution in [3.8, 4) is 0 Å². The van der Waals surface area contributed by atoms with Gasteiger partial charge >= 0.3 is 0 Å². The van der Waals surface area contributed by atoms with E-state index in [-0.39, 0.29) is 11.5 Å². The van der Waals surface area contributed by atoms with E-state index in [1.165, 1.54) is 0 Å². The lowest BCUT2D eigenvalue weighted by Crippen LogP contribution is -2.13. The van der Waals surface area contributed by atoms with Crippen LogP contribution >= 0.6 is 0 Å². The Balaban J connectivity index is 2.18. The lowest BCUT2D eigenvalue weighted by Gasteiger charge is -2.07. The second kappa shape index (κ2) is 5.84. The summed E-state index contributed by atoms with van der Waals surface area (Å²) in [6.45, 7) is 3.62. The molecule has 2 rings (SSSR count). The van der Waals surface area contributed by atoms with E-state index in [0.29, 0.717) is 16.8 Å². The molecule has 0 aliphatic rings. The smallest absolute Gasteiger partial charge is 0.255 e. The standard InChI is InChI=1S/C16H14N2O2/c1-11(15(17)19)13-8-5-9-14(10-13)18-16(20)12-6-3-2-4-7-12/h2-10H,1H2,(H2,17,19)(H,18,20). The van der Waals surface area contributed by atoms with Crippen LogP contribution in [0, 0.1) is 0 Å². The highest BCUT2D eigenvalue weighted by Crippen LogP contribution is 2.17. The molecule has 0 bridgehead atoms. The number of amides is 2. The highest BCUT2D eigenvalue weighted by molar-refractivity contribution is 6.18. The molecule has 2 aromatic carbocycles. The third kappa shape index (κ3) is 3.11. The van der Waals surface area contributed by atoms with Crippen molar-refractivity contribution < 1.29 is 9.59 Å². The summed E-state index contributed by atoms with van der Waals surface area (Å²) < 4.78 is 0. The fourth-order valence-corrected chi connectivity index (χ4v) is 1.72. The average Bonchev–Trinajstić information content (AvgIpc) is 2.47. The van der Waals surface area contributed by atoms with Crippen LogP contribution in [0.15, 0.2) is 61.2 Å². The summed E-state index contributed by atoms with van der Waals surface area (Å²) in [5.74, 6) is -0.802. The van der Waals surface area contributed by atoms with Gasteiger partial charge in [-0.15, -0.1) is 0 Å². The van der Waals surface area contributed by atoms with E-state index < -0.39 is 5.91 Å². The molecule has 4 heteroatoms. The molecule has 0 aromatic heterocycles. The molecule has 0 fully saturated rings. The van der Waals surface area contributed by atoms with Crippen LogP contribution < -0.4 is 11.1 Å². The van der Waals surface area contributed by atoms with Crippen LogP contribution in [0.25, 0.3) is 5.57 Å². The number of carbonyl (C=O) groups excluding carboxylic acids is 2. The molecule has 0 saturated carbocycles. The highest BCUT2D eigenvalue weighted by atomic mass is 16.2. The van der Waals surface area contributed by atoms with Gasteiger partial charge in [0.05, 0.1) is 0 Å². The van der Waals surface area contributed by atoms with Gasteiger partial charge in [0.15, 0.2) is 0 Å². The quantitative estimate of drug-likeness (QED) is 0.834. The van der Waals surface area contributed by atoms with Crippen molar-refractivity contribution >= 4 is 23.1 Å². The summed E-state index contributed by atoms with van der Waals surface area (Å²) in [6, 6.07) is 15.7. The van der Waals surface area contributed by atoms with Crippen LogP contribution in [-0.2, 0) is 4.79 Å². The van der Waals surface area contributed by atoms with Gasteiger partial charge in [0.1, 0.15) is 0 Å². The zero-order valence-electron chi connectivity index (χ0n) is 10.8. The van der Waals surface area contributed by atoms with Crippen molar-refractivity contribution in [2.75, 3.05) is 5.32 Å². The van der Waals surface area contributed by atoms with Crippen LogP contribution in [0.2, 0.25) is 0 Å². The van der Waals surface area contributed by atoms with Gasteiger partial charge in [0, 0.05) is 16.8 Å². The van der Waals surface area contributed by atoms with Crippen LogP contribution in [0.4, 0.5) is 5.69 Å². The topological polar surface area (TPSA) is 72.2 Å². The lowest BCUT2D eigenvalue weighted by molar-refractivity contribution is -0.112. The monoisotopic (exact) mass is 266 g/mol. The number of primary amides is 1. The maximum Gasteiger partial charge on any atom is 0.255 e. The predicted molar refractivity (Wildman–Crippen MR) is 79.1 cm³/mol. The van der Waals surface area contributed by atoms with Crippen molar-refractivity contribution in [3.63, 3.8) is 0 Å². The van der Waals surface area contributed by atoms with E-state index in [9.17, 15) is 9.59 Å². The molecule has 4 nitrogen and oxygen atoms in total. The molecule has 0 radical (unpaired) electrons. The van der Waals surface area contributed by atoms with Crippen LogP contribution in [-0.4, -0.2) is 11.8 Å². The second-order valence-electron chi connectivity index (χ2n) is 4.24. The minimum atomic E-state index is -0.587. The third-order valence-electron chi connectivity index (χ3n) is 2.80. The molecule has 0 heterocycles. The van der Waals surface area contributed by atoms with E-state index in [4.69, 9.17) is 5.73 Å². The largest absolute Gasteiger partial charge is 0.366 e. The SMILES string of the molecule is C=C(C(N)=O)c1cccc(NC(=O)c2ccccc2)c1. The van der Waals surface area contributed by atoms with Crippen LogP contribution in [0.1, 0.15) is 15.9 Å². The van der Waals surface area contributed by atoms with Gasteiger partial charge in [-0.1, -0.05) is 36.9 Å². The molecule has 100 valence electrons. The third-order valence-corrected chi connectivity index (χ3v) is 2.80. The number of rotatable bonds is 4. The van der Waals surface area contributed by atoms with E-state index >= 15 is 0 Å². The number of nitrogens with one attached hydrogen (secondary N) is 1. The zero-order chi connectivity index (χ0) is 14.5. The summed E-state index contributed by atoms with van der Waals surface area (Å²) in [5, 5.41) is 2.76. The predicted octanol–water partition coefficient (Wildman–Crippen LogP) is 2.44. The molecule has 0 aliphatic heterocycles. The van der Waals surface area contributed by atoms with Crippen molar-refractivity contribution in [1.29, 1.82) is 0 Å². The molecule has 0 atom stereocenters. The summed E-state index contributed by atoms with van der Waals surface area (Å²) in [5.41, 5.74) is 7.12. The molecule has 20 heavy (non-hydrogen) atoms. The van der Waals surface area contributed by atoms with Gasteiger partial charge in [0.25, 0.3) is 5.91 Å². The molecular formula is C16H14N2O2. The Morgan fingerprint density at radius 3 is 2.25 bits per heavy atom. The van der Waals surface area contributed by atoms with Gasteiger partial charge < -0.3 is 11.1 Å². The summed E-state index contributed by atoms with van der Waals surface area (Å²) in [6.07, 6.45) is 0. The van der Waals surface area contributed by atoms with Crippen molar-refractivity contribution in [2.24, 2.45) is 5.73 Å². The Kier molecular flexibility index (Phi) is 3.96. The average molecular weight is 266 g/mol. The Bertz CT molecular complexity index is 663. The first kappa shape index (κ1) is 13.5. The van der Waals surface area contributed by atoms with Crippen LogP contribution in [0.3, 0.4) is 0 Å². The fraction of sp³-hybridized carbons (Fsp3) is 0. The minimum absolute atomic E-state index is 0.209. The molecule has 0 spiro atoms. The number of carbonyl (C=O) groups is 2. The first-order chi connectivity index (χ1) is 9.58. The van der Waals surface area contributed by atoms with Gasteiger partial charge in [-0.3, -0.25) is 9.59 Å². The van der Waals surface area contributed by atoms with E-state index in [1.807, 2.05) is 6.07 Å². The van der Waals surface area contributed by atoms with Gasteiger partial charge in [-0.05, 0) is 29.8 Å². The normalized spacial score (nSPS) is 9.80. The molecular weight excluding hydrogens is 252 g/mol. The number of hydrogen-bond donors (Lipinski definition) is 2. The Labute approximate surface area is 116 Å². The van der Waals surface area contributed by atoms with Gasteiger partial charge in [-0.2, -0.15) is 0 Å². The van der Waals surface area contributed by atoms with Crippen LogP contribution in [0.5, 0.6) is 0 Å². The molecule has 2 amide bonds. The number of hydrogen-bond acceptors (Lipinski definition) is 2. The molecule has 0 saturated heterocycles. The maximum absolute atomic E-state index is 12.0. The highest BCUT2D eigenvalue weighted by Gasteiger charge is 2.08. The first-order valence-electron chi connectivity index (χ1n) is 6.03. The summed E-state index contributed by atoms with van der Waals surface area (Å²) in [4.78, 5) is 23.1. The molecule has 2 aromatic rings. The van der Waals surface area contributed by atoms with Gasteiger partial charge in [-0.25, -0.2) is 0 Å². The molecule has 0 unspecified atom stereocenters. The number of nitrogens with two attached hydrogens (primary N) is 1. The van der Waals surface area contributed by atoms with E-state index in [1.54, 1.807) is 48.5 Å². The molecule has 0 aliphatic carbocycles. The van der Waals surface area contributed by atoms with E-state index in [0.717, 1.165) is 0 Å².